The zero-order valence-electron chi connectivity index (χ0n) is 14.0. The maximum Gasteiger partial charge on any atom is 0.161 e. The van der Waals surface area contributed by atoms with Crippen LogP contribution in [0, 0.1) is 5.92 Å². The molecule has 1 aromatic rings. The first-order valence-corrected chi connectivity index (χ1v) is 8.84. The van der Waals surface area contributed by atoms with E-state index >= 15 is 0 Å². The minimum absolute atomic E-state index is 0.794. The summed E-state index contributed by atoms with van der Waals surface area (Å²) in [6, 6.07) is 4.13. The van der Waals surface area contributed by atoms with Crippen molar-refractivity contribution in [1.82, 2.24) is 5.32 Å². The van der Waals surface area contributed by atoms with E-state index in [0.717, 1.165) is 30.5 Å². The average molecular weight is 311 g/mol. The van der Waals surface area contributed by atoms with Crippen LogP contribution in [0.4, 0.5) is 0 Å². The quantitative estimate of drug-likeness (QED) is 0.514. The van der Waals surface area contributed by atoms with Crippen molar-refractivity contribution >= 4 is 11.8 Å². The van der Waals surface area contributed by atoms with Crippen LogP contribution in [0.2, 0.25) is 0 Å². The molecular formula is C17H29NO2S. The summed E-state index contributed by atoms with van der Waals surface area (Å²) in [6.45, 7) is 6.50. The number of benzene rings is 1. The fourth-order valence-corrected chi connectivity index (χ4v) is 2.87. The van der Waals surface area contributed by atoms with Gasteiger partial charge >= 0.3 is 0 Å². The summed E-state index contributed by atoms with van der Waals surface area (Å²) in [5, 5.41) is 3.53. The van der Waals surface area contributed by atoms with Crippen LogP contribution in [-0.2, 0) is 6.54 Å². The maximum atomic E-state index is 5.39. The first-order chi connectivity index (χ1) is 10.1. The van der Waals surface area contributed by atoms with E-state index in [9.17, 15) is 0 Å². The van der Waals surface area contributed by atoms with Crippen LogP contribution in [0.15, 0.2) is 17.0 Å². The van der Waals surface area contributed by atoms with Gasteiger partial charge < -0.3 is 14.8 Å². The molecule has 0 bridgehead atoms. The highest BCUT2D eigenvalue weighted by Crippen LogP contribution is 2.34. The van der Waals surface area contributed by atoms with Gasteiger partial charge in [0.1, 0.15) is 0 Å². The molecule has 120 valence electrons. The molecule has 0 spiro atoms. The molecule has 0 amide bonds. The lowest BCUT2D eigenvalue weighted by Crippen LogP contribution is -2.15. The molecule has 1 N–H and O–H groups in total. The second-order valence-corrected chi connectivity index (χ2v) is 6.43. The van der Waals surface area contributed by atoms with Gasteiger partial charge in [0.05, 0.1) is 14.2 Å². The number of ether oxygens (including phenoxy) is 2. The van der Waals surface area contributed by atoms with Crippen molar-refractivity contribution in [1.29, 1.82) is 0 Å². The van der Waals surface area contributed by atoms with Crippen molar-refractivity contribution in [2.45, 2.75) is 44.6 Å². The van der Waals surface area contributed by atoms with E-state index in [1.807, 2.05) is 0 Å². The molecule has 21 heavy (non-hydrogen) atoms. The lowest BCUT2D eigenvalue weighted by Gasteiger charge is -2.14. The predicted molar refractivity (Wildman–Crippen MR) is 91.7 cm³/mol. The lowest BCUT2D eigenvalue weighted by atomic mass is 10.1. The Hall–Kier alpha value is -0.870. The van der Waals surface area contributed by atoms with Gasteiger partial charge in [-0.25, -0.2) is 0 Å². The second-order valence-electron chi connectivity index (χ2n) is 5.59. The van der Waals surface area contributed by atoms with Gasteiger partial charge in [-0.2, -0.15) is 0 Å². The molecule has 4 heteroatoms. The first-order valence-electron chi connectivity index (χ1n) is 7.62. The van der Waals surface area contributed by atoms with Crippen LogP contribution in [0.5, 0.6) is 11.5 Å². The maximum absolute atomic E-state index is 5.39. The van der Waals surface area contributed by atoms with Crippen molar-refractivity contribution in [3.05, 3.63) is 17.7 Å². The standard InChI is InChI=1S/C17H29NO2S/c1-13(2)8-6-7-9-18-12-14-10-15(19-3)16(20-4)11-17(14)21-5/h10-11,13,18H,6-9,12H2,1-5H3. The minimum Gasteiger partial charge on any atom is -0.493 e. The average Bonchev–Trinajstić information content (AvgIpc) is 2.49. The number of hydrogen-bond acceptors (Lipinski definition) is 4. The van der Waals surface area contributed by atoms with Crippen molar-refractivity contribution in [3.8, 4) is 11.5 Å². The molecule has 1 rings (SSSR count). The highest BCUT2D eigenvalue weighted by atomic mass is 32.2. The van der Waals surface area contributed by atoms with E-state index < -0.39 is 0 Å². The topological polar surface area (TPSA) is 30.5 Å². The molecule has 0 aromatic heterocycles. The molecule has 3 nitrogen and oxygen atoms in total. The van der Waals surface area contributed by atoms with Crippen molar-refractivity contribution < 1.29 is 9.47 Å². The molecular weight excluding hydrogens is 282 g/mol. The third-order valence-corrected chi connectivity index (χ3v) is 4.31. The summed E-state index contributed by atoms with van der Waals surface area (Å²) in [5.41, 5.74) is 1.27. The molecule has 0 fully saturated rings. The number of unbranched alkanes of at least 4 members (excludes halogenated alkanes) is 1. The zero-order valence-corrected chi connectivity index (χ0v) is 14.8. The summed E-state index contributed by atoms with van der Waals surface area (Å²) >= 11 is 1.74. The van der Waals surface area contributed by atoms with E-state index in [2.05, 4.69) is 37.6 Å². The summed E-state index contributed by atoms with van der Waals surface area (Å²) in [7, 11) is 3.36. The number of nitrogens with one attached hydrogen (secondary N) is 1. The summed E-state index contributed by atoms with van der Waals surface area (Å²) < 4.78 is 10.7. The van der Waals surface area contributed by atoms with E-state index in [1.54, 1.807) is 26.0 Å². The largest absolute Gasteiger partial charge is 0.493 e. The highest BCUT2D eigenvalue weighted by molar-refractivity contribution is 7.98. The van der Waals surface area contributed by atoms with Crippen LogP contribution < -0.4 is 14.8 Å². The summed E-state index contributed by atoms with van der Waals surface area (Å²) in [5.74, 6) is 2.40. The highest BCUT2D eigenvalue weighted by Gasteiger charge is 2.10. The molecule has 0 unspecified atom stereocenters. The number of rotatable bonds is 10. The van der Waals surface area contributed by atoms with Gasteiger partial charge in [0.15, 0.2) is 11.5 Å². The summed E-state index contributed by atoms with van der Waals surface area (Å²) in [4.78, 5) is 1.24. The Bertz CT molecular complexity index is 421. The second kappa shape index (κ2) is 9.96. The molecule has 0 radical (unpaired) electrons. The van der Waals surface area contributed by atoms with Crippen LogP contribution in [0.1, 0.15) is 38.7 Å². The third-order valence-electron chi connectivity index (χ3n) is 3.49. The Morgan fingerprint density at radius 2 is 1.76 bits per heavy atom. The van der Waals surface area contributed by atoms with E-state index in [1.165, 1.54) is 29.7 Å². The molecule has 0 atom stereocenters. The molecule has 0 aliphatic carbocycles. The van der Waals surface area contributed by atoms with E-state index in [0.29, 0.717) is 0 Å². The first kappa shape index (κ1) is 18.2. The monoisotopic (exact) mass is 311 g/mol. The van der Waals surface area contributed by atoms with E-state index in [-0.39, 0.29) is 0 Å². The molecule has 0 aliphatic heterocycles. The fourth-order valence-electron chi connectivity index (χ4n) is 2.26. The Labute approximate surface area is 133 Å². The zero-order chi connectivity index (χ0) is 15.7. The van der Waals surface area contributed by atoms with Crippen LogP contribution in [0.25, 0.3) is 0 Å². The Balaban J connectivity index is 2.53. The number of hydrogen-bond donors (Lipinski definition) is 1. The molecule has 0 saturated heterocycles. The SMILES string of the molecule is COc1cc(CNCCCCC(C)C)c(SC)cc1OC. The summed E-state index contributed by atoms with van der Waals surface area (Å²) in [6.07, 6.45) is 5.94. The Kier molecular flexibility index (Phi) is 8.62. The normalized spacial score (nSPS) is 11.0. The minimum atomic E-state index is 0.794. The third kappa shape index (κ3) is 6.18. The predicted octanol–water partition coefficient (Wildman–Crippen LogP) is 4.34. The van der Waals surface area contributed by atoms with Crippen LogP contribution in [-0.4, -0.2) is 27.0 Å². The molecule has 0 aliphatic rings. The number of thioether (sulfide) groups is 1. The molecule has 0 saturated carbocycles. The van der Waals surface area contributed by atoms with Crippen molar-refractivity contribution in [2.75, 3.05) is 27.0 Å². The van der Waals surface area contributed by atoms with Crippen LogP contribution >= 0.6 is 11.8 Å². The van der Waals surface area contributed by atoms with Gasteiger partial charge in [0.25, 0.3) is 0 Å². The van der Waals surface area contributed by atoms with Gasteiger partial charge in [-0.1, -0.05) is 26.7 Å². The van der Waals surface area contributed by atoms with Gasteiger partial charge in [0, 0.05) is 11.4 Å². The number of methoxy groups -OCH3 is 2. The van der Waals surface area contributed by atoms with Crippen LogP contribution in [0.3, 0.4) is 0 Å². The lowest BCUT2D eigenvalue weighted by molar-refractivity contribution is 0.353. The Morgan fingerprint density at radius 1 is 1.10 bits per heavy atom. The van der Waals surface area contributed by atoms with Crippen molar-refractivity contribution in [3.63, 3.8) is 0 Å². The van der Waals surface area contributed by atoms with Gasteiger partial charge in [-0.3, -0.25) is 0 Å². The van der Waals surface area contributed by atoms with E-state index in [4.69, 9.17) is 9.47 Å². The Morgan fingerprint density at radius 3 is 2.33 bits per heavy atom. The van der Waals surface area contributed by atoms with Gasteiger partial charge in [-0.15, -0.1) is 11.8 Å². The molecule has 0 heterocycles. The van der Waals surface area contributed by atoms with Gasteiger partial charge in [-0.05, 0) is 42.8 Å². The van der Waals surface area contributed by atoms with Gasteiger partial charge in [0.2, 0.25) is 0 Å². The fraction of sp³-hybridized carbons (Fsp3) is 0.647. The molecule has 1 aromatic carbocycles. The van der Waals surface area contributed by atoms with Crippen molar-refractivity contribution in [2.24, 2.45) is 5.92 Å². The smallest absolute Gasteiger partial charge is 0.161 e.